The van der Waals surface area contributed by atoms with Crippen LogP contribution in [0.5, 0.6) is 0 Å². The molecule has 2 amide bonds. The number of carbonyl (C=O) groups is 2. The molecule has 0 aromatic heterocycles. The molecule has 27 heavy (non-hydrogen) atoms. The molecular formula is C18H23F3N2O4. The van der Waals surface area contributed by atoms with E-state index in [1.165, 1.54) is 24.1 Å². The third-order valence-electron chi connectivity index (χ3n) is 4.14. The normalized spacial score (nSPS) is 20.5. The lowest BCUT2D eigenvalue weighted by Gasteiger charge is -2.27. The fraction of sp³-hybridized carbons (Fsp3) is 0.556. The Morgan fingerprint density at radius 2 is 1.74 bits per heavy atom. The van der Waals surface area contributed by atoms with Crippen LogP contribution in [0.3, 0.4) is 0 Å². The zero-order chi connectivity index (χ0) is 20.4. The zero-order valence-electron chi connectivity index (χ0n) is 15.6. The number of carbonyl (C=O) groups excluding carboxylic acids is 2. The molecule has 0 aliphatic carbocycles. The molecule has 6 nitrogen and oxygen atoms in total. The highest BCUT2D eigenvalue weighted by Gasteiger charge is 2.42. The molecule has 2 rings (SSSR count). The minimum atomic E-state index is -4.42. The van der Waals surface area contributed by atoms with Crippen LogP contribution in [0.25, 0.3) is 0 Å². The number of ether oxygens (including phenoxy) is 1. The number of benzene rings is 1. The van der Waals surface area contributed by atoms with Crippen LogP contribution in [0.4, 0.5) is 18.0 Å². The average molecular weight is 388 g/mol. The number of likely N-dealkylation sites (tertiary alicyclic amines) is 1. The largest absolute Gasteiger partial charge is 0.444 e. The van der Waals surface area contributed by atoms with Gasteiger partial charge in [0.2, 0.25) is 0 Å². The number of nitrogens with zero attached hydrogens (tertiary/aromatic N) is 1. The Morgan fingerprint density at radius 1 is 1.15 bits per heavy atom. The number of hydroxylamine groups is 1. The molecule has 1 aliphatic heterocycles. The summed E-state index contributed by atoms with van der Waals surface area (Å²) in [4.78, 5) is 30.6. The quantitative estimate of drug-likeness (QED) is 0.805. The number of amides is 2. The van der Waals surface area contributed by atoms with Crippen molar-refractivity contribution in [3.63, 3.8) is 0 Å². The molecule has 1 N–H and O–H groups in total. The molecule has 9 heteroatoms. The van der Waals surface area contributed by atoms with Gasteiger partial charge in [-0.05, 0) is 44.9 Å². The Morgan fingerprint density at radius 3 is 2.22 bits per heavy atom. The van der Waals surface area contributed by atoms with Gasteiger partial charge in [0.15, 0.2) is 0 Å². The van der Waals surface area contributed by atoms with Crippen LogP contribution in [0.1, 0.15) is 44.2 Å². The van der Waals surface area contributed by atoms with Gasteiger partial charge in [-0.1, -0.05) is 12.1 Å². The Labute approximate surface area is 155 Å². The van der Waals surface area contributed by atoms with Crippen molar-refractivity contribution < 1.29 is 32.3 Å². The lowest BCUT2D eigenvalue weighted by atomic mass is 9.95. The number of halogens is 3. The summed E-state index contributed by atoms with van der Waals surface area (Å²) in [6, 6.07) is 3.90. The molecule has 1 aromatic carbocycles. The molecule has 0 saturated carbocycles. The fourth-order valence-corrected chi connectivity index (χ4v) is 2.96. The summed E-state index contributed by atoms with van der Waals surface area (Å²) in [5.74, 6) is -0.815. The number of alkyl halides is 3. The van der Waals surface area contributed by atoms with Gasteiger partial charge in [0, 0.05) is 12.5 Å². The van der Waals surface area contributed by atoms with Crippen LogP contribution >= 0.6 is 0 Å². The minimum Gasteiger partial charge on any atom is -0.444 e. The summed E-state index contributed by atoms with van der Waals surface area (Å²) in [5.41, 5.74) is 1.32. The van der Waals surface area contributed by atoms with Gasteiger partial charge in [0.05, 0.1) is 12.7 Å². The summed E-state index contributed by atoms with van der Waals surface area (Å²) in [6.07, 6.45) is -4.83. The van der Waals surface area contributed by atoms with E-state index < -0.39 is 35.4 Å². The van der Waals surface area contributed by atoms with Gasteiger partial charge in [0.1, 0.15) is 11.6 Å². The summed E-state index contributed by atoms with van der Waals surface area (Å²) in [7, 11) is 1.28. The first-order valence-electron chi connectivity index (χ1n) is 8.42. The second-order valence-electron chi connectivity index (χ2n) is 7.37. The zero-order valence-corrected chi connectivity index (χ0v) is 15.6. The molecule has 1 unspecified atom stereocenters. The van der Waals surface area contributed by atoms with Crippen LogP contribution in [-0.2, 0) is 20.5 Å². The monoisotopic (exact) mass is 388 g/mol. The summed E-state index contributed by atoms with van der Waals surface area (Å²) in [5, 5.41) is 0. The van der Waals surface area contributed by atoms with E-state index in [4.69, 9.17) is 4.74 Å². The molecule has 0 radical (unpaired) electrons. The summed E-state index contributed by atoms with van der Waals surface area (Å²) in [6.45, 7) is 5.28. The van der Waals surface area contributed by atoms with Gasteiger partial charge < -0.3 is 4.74 Å². The molecule has 1 heterocycles. The van der Waals surface area contributed by atoms with E-state index in [0.29, 0.717) is 5.56 Å². The molecular weight excluding hydrogens is 365 g/mol. The standard InChI is InChI=1S/C18H23F3N2O4/c1-17(2,3)27-16(25)23-10-12(9-14(23)15(24)22-26-4)11-5-7-13(8-6-11)18(19,20)21/h5-8,12,14H,9-10H2,1-4H3,(H,22,24)/t12?,14-/m0/s1. The van der Waals surface area contributed by atoms with Crippen molar-refractivity contribution in [1.82, 2.24) is 10.4 Å². The SMILES string of the molecule is CONC(=O)[C@@H]1CC(c2ccc(C(F)(F)F)cc2)CN1C(=O)OC(C)(C)C. The van der Waals surface area contributed by atoms with Crippen molar-refractivity contribution >= 4 is 12.0 Å². The Kier molecular flexibility index (Phi) is 6.04. The smallest absolute Gasteiger partial charge is 0.416 e. The van der Waals surface area contributed by atoms with Crippen molar-refractivity contribution in [3.8, 4) is 0 Å². The lowest BCUT2D eigenvalue weighted by Crippen LogP contribution is -2.47. The Bertz CT molecular complexity index is 683. The van der Waals surface area contributed by atoms with E-state index in [2.05, 4.69) is 10.3 Å². The van der Waals surface area contributed by atoms with Gasteiger partial charge in [-0.25, -0.2) is 10.3 Å². The molecule has 0 spiro atoms. The van der Waals surface area contributed by atoms with Gasteiger partial charge >= 0.3 is 12.3 Å². The van der Waals surface area contributed by atoms with Crippen LogP contribution < -0.4 is 5.48 Å². The Balaban J connectivity index is 2.22. The molecule has 150 valence electrons. The first kappa shape index (κ1) is 21.0. The van der Waals surface area contributed by atoms with E-state index in [9.17, 15) is 22.8 Å². The van der Waals surface area contributed by atoms with Crippen molar-refractivity contribution in [3.05, 3.63) is 35.4 Å². The predicted molar refractivity (Wildman–Crippen MR) is 90.7 cm³/mol. The van der Waals surface area contributed by atoms with Gasteiger partial charge in [0.25, 0.3) is 5.91 Å². The van der Waals surface area contributed by atoms with Crippen LogP contribution in [0, 0.1) is 0 Å². The third kappa shape index (κ3) is 5.35. The highest BCUT2D eigenvalue weighted by Crippen LogP contribution is 2.35. The first-order chi connectivity index (χ1) is 12.4. The molecule has 1 aliphatic rings. The second-order valence-corrected chi connectivity index (χ2v) is 7.37. The van der Waals surface area contributed by atoms with E-state index in [0.717, 1.165) is 12.1 Å². The van der Waals surface area contributed by atoms with Gasteiger partial charge in [-0.3, -0.25) is 14.5 Å². The maximum atomic E-state index is 12.7. The molecule has 0 bridgehead atoms. The van der Waals surface area contributed by atoms with Crippen LogP contribution in [0.2, 0.25) is 0 Å². The highest BCUT2D eigenvalue weighted by atomic mass is 19.4. The van der Waals surface area contributed by atoms with Crippen molar-refractivity contribution in [2.75, 3.05) is 13.7 Å². The number of nitrogens with one attached hydrogen (secondary N) is 1. The predicted octanol–water partition coefficient (Wildman–Crippen LogP) is 3.48. The highest BCUT2D eigenvalue weighted by molar-refractivity contribution is 5.86. The number of hydrogen-bond acceptors (Lipinski definition) is 4. The van der Waals surface area contributed by atoms with E-state index in [-0.39, 0.29) is 18.9 Å². The maximum Gasteiger partial charge on any atom is 0.416 e. The molecule has 1 aromatic rings. The van der Waals surface area contributed by atoms with Crippen molar-refractivity contribution in [1.29, 1.82) is 0 Å². The molecule has 2 atom stereocenters. The molecule has 1 saturated heterocycles. The lowest BCUT2D eigenvalue weighted by molar-refractivity contribution is -0.137. The van der Waals surface area contributed by atoms with Gasteiger partial charge in [-0.2, -0.15) is 13.2 Å². The first-order valence-corrected chi connectivity index (χ1v) is 8.42. The third-order valence-corrected chi connectivity index (χ3v) is 4.14. The van der Waals surface area contributed by atoms with Crippen molar-refractivity contribution in [2.24, 2.45) is 0 Å². The van der Waals surface area contributed by atoms with E-state index in [1.807, 2.05) is 0 Å². The topological polar surface area (TPSA) is 67.9 Å². The van der Waals surface area contributed by atoms with E-state index >= 15 is 0 Å². The molecule has 1 fully saturated rings. The van der Waals surface area contributed by atoms with Crippen molar-refractivity contribution in [2.45, 2.75) is 50.9 Å². The minimum absolute atomic E-state index is 0.155. The fourth-order valence-electron chi connectivity index (χ4n) is 2.96. The Hall–Kier alpha value is -2.29. The van der Waals surface area contributed by atoms with E-state index in [1.54, 1.807) is 20.8 Å². The number of hydrogen-bond donors (Lipinski definition) is 1. The van der Waals surface area contributed by atoms with Crippen LogP contribution in [-0.4, -0.2) is 42.2 Å². The maximum absolute atomic E-state index is 12.7. The average Bonchev–Trinajstić information content (AvgIpc) is 2.98. The number of rotatable bonds is 3. The van der Waals surface area contributed by atoms with Crippen LogP contribution in [0.15, 0.2) is 24.3 Å². The van der Waals surface area contributed by atoms with Gasteiger partial charge in [-0.15, -0.1) is 0 Å². The summed E-state index contributed by atoms with van der Waals surface area (Å²) < 4.78 is 43.6. The second kappa shape index (κ2) is 7.75. The summed E-state index contributed by atoms with van der Waals surface area (Å²) >= 11 is 0.